The third-order valence-corrected chi connectivity index (χ3v) is 4.80. The highest BCUT2D eigenvalue weighted by molar-refractivity contribution is 6.00. The Morgan fingerprint density at radius 1 is 1.38 bits per heavy atom. The van der Waals surface area contributed by atoms with Crippen molar-refractivity contribution >= 4 is 23.4 Å². The quantitative estimate of drug-likeness (QED) is 0.881. The molecule has 1 saturated heterocycles. The standard InChI is InChI=1S/C18H23N3O3/c1-3-15-17(23)19-7-8-21(15)18(24)12-5-4-6-13(10-12)20-16(22)14-9-11(14)2/h4-6,10-11,14-15H,3,7-9H2,1-2H3,(H,19,23)(H,20,22). The Morgan fingerprint density at radius 2 is 2.12 bits per heavy atom. The zero-order valence-electron chi connectivity index (χ0n) is 14.0. The van der Waals surface area contributed by atoms with Crippen LogP contribution >= 0.6 is 0 Å². The Labute approximate surface area is 141 Å². The lowest BCUT2D eigenvalue weighted by Crippen LogP contribution is -2.56. The third-order valence-electron chi connectivity index (χ3n) is 4.80. The Morgan fingerprint density at radius 3 is 2.79 bits per heavy atom. The van der Waals surface area contributed by atoms with Crippen molar-refractivity contribution in [1.29, 1.82) is 0 Å². The van der Waals surface area contributed by atoms with E-state index in [1.807, 2.05) is 6.92 Å². The van der Waals surface area contributed by atoms with Crippen molar-refractivity contribution in [3.63, 3.8) is 0 Å². The van der Waals surface area contributed by atoms with Crippen molar-refractivity contribution in [2.24, 2.45) is 11.8 Å². The average molecular weight is 329 g/mol. The fourth-order valence-corrected chi connectivity index (χ4v) is 3.18. The molecule has 3 atom stereocenters. The second-order valence-electron chi connectivity index (χ2n) is 6.60. The molecule has 1 saturated carbocycles. The zero-order chi connectivity index (χ0) is 17.3. The lowest BCUT2D eigenvalue weighted by atomic mass is 10.1. The topological polar surface area (TPSA) is 78.5 Å². The number of nitrogens with one attached hydrogen (secondary N) is 2. The van der Waals surface area contributed by atoms with Crippen molar-refractivity contribution in [2.45, 2.75) is 32.7 Å². The van der Waals surface area contributed by atoms with Crippen LogP contribution in [0.1, 0.15) is 37.0 Å². The van der Waals surface area contributed by atoms with E-state index < -0.39 is 6.04 Å². The van der Waals surface area contributed by atoms with Crippen molar-refractivity contribution in [2.75, 3.05) is 18.4 Å². The van der Waals surface area contributed by atoms with Gasteiger partial charge in [-0.2, -0.15) is 0 Å². The second-order valence-corrected chi connectivity index (χ2v) is 6.60. The minimum absolute atomic E-state index is 0.0101. The van der Waals surface area contributed by atoms with Crippen LogP contribution in [0.4, 0.5) is 5.69 Å². The van der Waals surface area contributed by atoms with Crippen molar-refractivity contribution in [3.8, 4) is 0 Å². The number of nitrogens with zero attached hydrogens (tertiary/aromatic N) is 1. The van der Waals surface area contributed by atoms with Crippen LogP contribution < -0.4 is 10.6 Å². The third kappa shape index (κ3) is 3.27. The van der Waals surface area contributed by atoms with E-state index in [-0.39, 0.29) is 23.6 Å². The van der Waals surface area contributed by atoms with Crippen molar-refractivity contribution in [1.82, 2.24) is 10.2 Å². The van der Waals surface area contributed by atoms with Gasteiger partial charge < -0.3 is 15.5 Å². The highest BCUT2D eigenvalue weighted by Crippen LogP contribution is 2.38. The van der Waals surface area contributed by atoms with Gasteiger partial charge in [0.2, 0.25) is 11.8 Å². The number of carbonyl (C=O) groups is 3. The molecule has 3 rings (SSSR count). The first-order valence-corrected chi connectivity index (χ1v) is 8.51. The molecule has 0 bridgehead atoms. The van der Waals surface area contributed by atoms with Crippen LogP contribution in [0.15, 0.2) is 24.3 Å². The van der Waals surface area contributed by atoms with E-state index >= 15 is 0 Å². The maximum absolute atomic E-state index is 12.8. The van der Waals surface area contributed by atoms with E-state index in [4.69, 9.17) is 0 Å². The van der Waals surface area contributed by atoms with Crippen LogP contribution in [0.25, 0.3) is 0 Å². The number of carbonyl (C=O) groups excluding carboxylic acids is 3. The lowest BCUT2D eigenvalue weighted by molar-refractivity contribution is -0.127. The van der Waals surface area contributed by atoms with Crippen LogP contribution in [-0.2, 0) is 9.59 Å². The van der Waals surface area contributed by atoms with Gasteiger partial charge in [-0.15, -0.1) is 0 Å². The molecule has 3 unspecified atom stereocenters. The fourth-order valence-electron chi connectivity index (χ4n) is 3.18. The van der Waals surface area contributed by atoms with Gasteiger partial charge in [0, 0.05) is 30.3 Å². The van der Waals surface area contributed by atoms with E-state index in [0.29, 0.717) is 36.7 Å². The van der Waals surface area contributed by atoms with Gasteiger partial charge in [-0.1, -0.05) is 19.9 Å². The summed E-state index contributed by atoms with van der Waals surface area (Å²) in [6.45, 7) is 4.91. The van der Waals surface area contributed by atoms with Gasteiger partial charge in [-0.3, -0.25) is 14.4 Å². The van der Waals surface area contributed by atoms with E-state index in [0.717, 1.165) is 6.42 Å². The first-order valence-electron chi connectivity index (χ1n) is 8.51. The molecule has 0 radical (unpaired) electrons. The number of piperazine rings is 1. The summed E-state index contributed by atoms with van der Waals surface area (Å²) in [7, 11) is 0. The molecule has 6 heteroatoms. The molecular formula is C18H23N3O3. The Kier molecular flexibility index (Phi) is 4.55. The molecule has 2 N–H and O–H groups in total. The minimum atomic E-state index is -0.434. The Hall–Kier alpha value is -2.37. The first kappa shape index (κ1) is 16.5. The summed E-state index contributed by atoms with van der Waals surface area (Å²) in [6.07, 6.45) is 1.50. The summed E-state index contributed by atoms with van der Waals surface area (Å²) < 4.78 is 0. The highest BCUT2D eigenvalue weighted by Gasteiger charge is 2.39. The number of anilines is 1. The van der Waals surface area contributed by atoms with E-state index in [2.05, 4.69) is 17.6 Å². The van der Waals surface area contributed by atoms with Gasteiger partial charge in [-0.05, 0) is 37.0 Å². The zero-order valence-corrected chi connectivity index (χ0v) is 14.0. The largest absolute Gasteiger partial charge is 0.353 e. The smallest absolute Gasteiger partial charge is 0.254 e. The maximum atomic E-state index is 12.8. The molecule has 1 aromatic carbocycles. The predicted molar refractivity (Wildman–Crippen MR) is 90.5 cm³/mol. The van der Waals surface area contributed by atoms with Gasteiger partial charge in [0.15, 0.2) is 0 Å². The summed E-state index contributed by atoms with van der Waals surface area (Å²) in [5.74, 6) is 0.249. The molecule has 2 fully saturated rings. The number of hydrogen-bond acceptors (Lipinski definition) is 3. The molecule has 1 aliphatic heterocycles. The molecule has 1 heterocycles. The molecular weight excluding hydrogens is 306 g/mol. The summed E-state index contributed by atoms with van der Waals surface area (Å²) >= 11 is 0. The minimum Gasteiger partial charge on any atom is -0.353 e. The number of hydrogen-bond donors (Lipinski definition) is 2. The second kappa shape index (κ2) is 6.63. The highest BCUT2D eigenvalue weighted by atomic mass is 16.2. The summed E-state index contributed by atoms with van der Waals surface area (Å²) in [4.78, 5) is 38.4. The normalized spacial score (nSPS) is 25.8. The van der Waals surface area contributed by atoms with Crippen molar-refractivity contribution in [3.05, 3.63) is 29.8 Å². The first-order chi connectivity index (χ1) is 11.5. The molecule has 128 valence electrons. The SMILES string of the molecule is CCC1C(=O)NCCN1C(=O)c1cccc(NC(=O)C2CC2C)c1. The summed E-state index contributed by atoms with van der Waals surface area (Å²) in [6, 6.07) is 6.51. The van der Waals surface area contributed by atoms with Crippen LogP contribution in [0.5, 0.6) is 0 Å². The average Bonchev–Trinajstić information content (AvgIpc) is 3.31. The monoisotopic (exact) mass is 329 g/mol. The van der Waals surface area contributed by atoms with Crippen molar-refractivity contribution < 1.29 is 14.4 Å². The van der Waals surface area contributed by atoms with Crippen LogP contribution in [0.3, 0.4) is 0 Å². The van der Waals surface area contributed by atoms with Crippen LogP contribution in [0, 0.1) is 11.8 Å². The molecule has 24 heavy (non-hydrogen) atoms. The molecule has 0 spiro atoms. The molecule has 2 aliphatic rings. The maximum Gasteiger partial charge on any atom is 0.254 e. The molecule has 1 aliphatic carbocycles. The Bertz CT molecular complexity index is 673. The summed E-state index contributed by atoms with van der Waals surface area (Å²) in [5.41, 5.74) is 1.12. The lowest BCUT2D eigenvalue weighted by Gasteiger charge is -2.34. The number of rotatable bonds is 4. The number of benzene rings is 1. The van der Waals surface area contributed by atoms with Crippen LogP contribution in [-0.4, -0.2) is 41.8 Å². The van der Waals surface area contributed by atoms with E-state index in [9.17, 15) is 14.4 Å². The van der Waals surface area contributed by atoms with E-state index in [1.165, 1.54) is 0 Å². The van der Waals surface area contributed by atoms with Gasteiger partial charge in [0.05, 0.1) is 0 Å². The van der Waals surface area contributed by atoms with E-state index in [1.54, 1.807) is 29.2 Å². The van der Waals surface area contributed by atoms with Gasteiger partial charge >= 0.3 is 0 Å². The molecule has 3 amide bonds. The molecule has 1 aromatic rings. The predicted octanol–water partition coefficient (Wildman–Crippen LogP) is 1.63. The van der Waals surface area contributed by atoms with Gasteiger partial charge in [-0.25, -0.2) is 0 Å². The fraction of sp³-hybridized carbons (Fsp3) is 0.500. The number of amides is 3. The van der Waals surface area contributed by atoms with Gasteiger partial charge in [0.25, 0.3) is 5.91 Å². The molecule has 0 aromatic heterocycles. The Balaban J connectivity index is 1.74. The van der Waals surface area contributed by atoms with Crippen LogP contribution in [0.2, 0.25) is 0 Å². The summed E-state index contributed by atoms with van der Waals surface area (Å²) in [5, 5.41) is 5.67. The van der Waals surface area contributed by atoms with Gasteiger partial charge in [0.1, 0.15) is 6.04 Å². The molecule has 6 nitrogen and oxygen atoms in total.